The van der Waals surface area contributed by atoms with Crippen LogP contribution in [0.3, 0.4) is 0 Å². The van der Waals surface area contributed by atoms with Gasteiger partial charge in [0.25, 0.3) is 0 Å². The van der Waals surface area contributed by atoms with Gasteiger partial charge < -0.3 is 19.5 Å². The Labute approximate surface area is 133 Å². The van der Waals surface area contributed by atoms with Gasteiger partial charge in [-0.1, -0.05) is 17.2 Å². The molecule has 0 saturated heterocycles. The maximum Gasteiger partial charge on any atom is 0.193 e. The number of hydrogen-bond donors (Lipinski definition) is 1. The monoisotopic (exact) mass is 311 g/mol. The molecule has 0 aromatic rings. The van der Waals surface area contributed by atoms with Crippen molar-refractivity contribution in [2.24, 2.45) is 0 Å². The van der Waals surface area contributed by atoms with Crippen molar-refractivity contribution in [3.05, 3.63) is 23.3 Å². The molecular weight excluding hydrogens is 282 g/mol. The Morgan fingerprint density at radius 1 is 1.18 bits per heavy atom. The van der Waals surface area contributed by atoms with E-state index in [0.29, 0.717) is 6.42 Å². The number of rotatable bonds is 9. The highest BCUT2D eigenvalue weighted by Gasteiger charge is 2.39. The molecule has 0 bridgehead atoms. The highest BCUT2D eigenvalue weighted by molar-refractivity contribution is 5.99. The SMILES string of the molecule is CC(C)=CCC/C(C)=C\C(=O)C(O)(CC(=O)[O-])C[N+](C)(C)C. The largest absolute Gasteiger partial charge is 0.550 e. The summed E-state index contributed by atoms with van der Waals surface area (Å²) < 4.78 is 0.278. The van der Waals surface area contributed by atoms with E-state index in [-0.39, 0.29) is 11.0 Å². The van der Waals surface area contributed by atoms with Crippen LogP contribution in [0.4, 0.5) is 0 Å². The van der Waals surface area contributed by atoms with Crippen molar-refractivity contribution < 1.29 is 24.3 Å². The van der Waals surface area contributed by atoms with Crippen LogP contribution in [0.2, 0.25) is 0 Å². The number of quaternary nitrogens is 1. The van der Waals surface area contributed by atoms with E-state index in [1.807, 2.05) is 20.8 Å². The van der Waals surface area contributed by atoms with Gasteiger partial charge in [-0.05, 0) is 39.7 Å². The van der Waals surface area contributed by atoms with Gasteiger partial charge in [-0.15, -0.1) is 0 Å². The van der Waals surface area contributed by atoms with Gasteiger partial charge in [-0.3, -0.25) is 4.79 Å². The summed E-state index contributed by atoms with van der Waals surface area (Å²) >= 11 is 0. The molecule has 0 heterocycles. The molecule has 1 unspecified atom stereocenters. The Bertz CT molecular complexity index is 468. The third kappa shape index (κ3) is 8.74. The maximum atomic E-state index is 12.3. The van der Waals surface area contributed by atoms with E-state index in [1.54, 1.807) is 21.1 Å². The smallest absolute Gasteiger partial charge is 0.193 e. The van der Waals surface area contributed by atoms with Crippen molar-refractivity contribution in [2.75, 3.05) is 27.7 Å². The number of aliphatic hydroxyl groups is 1. The number of carbonyl (C=O) groups is 2. The highest BCUT2D eigenvalue weighted by Crippen LogP contribution is 2.18. The minimum atomic E-state index is -1.94. The Morgan fingerprint density at radius 2 is 1.73 bits per heavy atom. The van der Waals surface area contributed by atoms with Crippen molar-refractivity contribution in [3.8, 4) is 0 Å². The lowest BCUT2D eigenvalue weighted by molar-refractivity contribution is -0.875. The zero-order valence-electron chi connectivity index (χ0n) is 14.6. The van der Waals surface area contributed by atoms with Crippen LogP contribution >= 0.6 is 0 Å². The average Bonchev–Trinajstić information content (AvgIpc) is 2.23. The predicted octanol–water partition coefficient (Wildman–Crippen LogP) is 0.825. The third-order valence-electron chi connectivity index (χ3n) is 3.10. The summed E-state index contributed by atoms with van der Waals surface area (Å²) in [6.45, 7) is 5.83. The normalized spacial score (nSPS) is 15.1. The first kappa shape index (κ1) is 20.5. The first-order valence-corrected chi connectivity index (χ1v) is 7.43. The van der Waals surface area contributed by atoms with Gasteiger partial charge in [0.1, 0.15) is 6.54 Å². The van der Waals surface area contributed by atoms with E-state index >= 15 is 0 Å². The molecule has 0 aliphatic rings. The molecule has 0 radical (unpaired) electrons. The van der Waals surface area contributed by atoms with Gasteiger partial charge in [0.15, 0.2) is 11.4 Å². The fourth-order valence-electron chi connectivity index (χ4n) is 2.26. The summed E-state index contributed by atoms with van der Waals surface area (Å²) in [4.78, 5) is 23.2. The van der Waals surface area contributed by atoms with Gasteiger partial charge >= 0.3 is 0 Å². The van der Waals surface area contributed by atoms with Crippen molar-refractivity contribution in [1.29, 1.82) is 0 Å². The zero-order valence-corrected chi connectivity index (χ0v) is 14.6. The molecule has 126 valence electrons. The lowest BCUT2D eigenvalue weighted by atomic mass is 9.91. The van der Waals surface area contributed by atoms with E-state index in [1.165, 1.54) is 11.6 Å². The molecule has 1 N–H and O–H groups in total. The van der Waals surface area contributed by atoms with Crippen LogP contribution < -0.4 is 5.11 Å². The fourth-order valence-corrected chi connectivity index (χ4v) is 2.26. The number of ketones is 1. The second-order valence-electron chi connectivity index (χ2n) is 7.20. The predicted molar refractivity (Wildman–Crippen MR) is 84.9 cm³/mol. The molecule has 0 aliphatic carbocycles. The average molecular weight is 311 g/mol. The van der Waals surface area contributed by atoms with Crippen LogP contribution in [-0.4, -0.2) is 54.6 Å². The van der Waals surface area contributed by atoms with Crippen LogP contribution in [0.1, 0.15) is 40.0 Å². The van der Waals surface area contributed by atoms with E-state index in [9.17, 15) is 19.8 Å². The second-order valence-corrected chi connectivity index (χ2v) is 7.20. The molecule has 5 heteroatoms. The Kier molecular flexibility index (Phi) is 7.70. The van der Waals surface area contributed by atoms with Gasteiger partial charge in [-0.2, -0.15) is 0 Å². The van der Waals surface area contributed by atoms with E-state index < -0.39 is 23.8 Å². The number of aliphatic carboxylic acids is 1. The minimum absolute atomic E-state index is 0.0115. The van der Waals surface area contributed by atoms with Crippen LogP contribution in [0, 0.1) is 0 Å². The standard InChI is InChI=1S/C17H29NO4/c1-13(2)8-7-9-14(3)10-15(19)17(22,11-16(20)21)12-18(4,5)6/h8,10,22H,7,9,11-12H2,1-6H3/b14-10-. The summed E-state index contributed by atoms with van der Waals surface area (Å²) in [6, 6.07) is 0. The molecule has 0 saturated carbocycles. The fraction of sp³-hybridized carbons (Fsp3) is 0.647. The number of carboxylic acid groups (broad SMARTS) is 1. The topological polar surface area (TPSA) is 77.4 Å². The molecule has 0 spiro atoms. The summed E-state index contributed by atoms with van der Waals surface area (Å²) in [5, 5.41) is 21.4. The second kappa shape index (κ2) is 8.25. The highest BCUT2D eigenvalue weighted by atomic mass is 16.4. The van der Waals surface area contributed by atoms with Gasteiger partial charge in [-0.25, -0.2) is 0 Å². The summed E-state index contributed by atoms with van der Waals surface area (Å²) in [5.41, 5.74) is 0.0905. The first-order chi connectivity index (χ1) is 9.85. The molecular formula is C17H29NO4. The Balaban J connectivity index is 5.11. The maximum absolute atomic E-state index is 12.3. The van der Waals surface area contributed by atoms with Crippen molar-refractivity contribution in [3.63, 3.8) is 0 Å². The van der Waals surface area contributed by atoms with Crippen molar-refractivity contribution >= 4 is 11.8 Å². The number of allylic oxidation sites excluding steroid dienone is 3. The number of likely N-dealkylation sites (N-methyl/N-ethyl adjacent to an activating group) is 1. The number of carbonyl (C=O) groups excluding carboxylic acids is 2. The molecule has 22 heavy (non-hydrogen) atoms. The lowest BCUT2D eigenvalue weighted by Crippen LogP contribution is -2.55. The molecule has 0 aliphatic heterocycles. The molecule has 0 amide bonds. The van der Waals surface area contributed by atoms with Gasteiger partial charge in [0, 0.05) is 12.4 Å². The Hall–Kier alpha value is -1.46. The molecule has 0 aromatic heterocycles. The van der Waals surface area contributed by atoms with E-state index in [0.717, 1.165) is 12.0 Å². The first-order valence-electron chi connectivity index (χ1n) is 7.43. The zero-order chi connectivity index (χ0) is 17.6. The summed E-state index contributed by atoms with van der Waals surface area (Å²) in [7, 11) is 5.37. The summed E-state index contributed by atoms with van der Waals surface area (Å²) in [6.07, 6.45) is 4.24. The third-order valence-corrected chi connectivity index (χ3v) is 3.10. The number of hydrogen-bond acceptors (Lipinski definition) is 4. The summed E-state index contributed by atoms with van der Waals surface area (Å²) in [5.74, 6) is -2.00. The number of nitrogens with zero attached hydrogens (tertiary/aromatic N) is 1. The van der Waals surface area contributed by atoms with Gasteiger partial charge in [0.2, 0.25) is 0 Å². The van der Waals surface area contributed by atoms with E-state index in [2.05, 4.69) is 6.08 Å². The molecule has 1 atom stereocenters. The molecule has 0 rings (SSSR count). The van der Waals surface area contributed by atoms with E-state index in [4.69, 9.17) is 0 Å². The van der Waals surface area contributed by atoms with Crippen LogP contribution in [0.15, 0.2) is 23.3 Å². The number of carboxylic acids is 1. The molecule has 5 nitrogen and oxygen atoms in total. The van der Waals surface area contributed by atoms with Crippen LogP contribution in [0.5, 0.6) is 0 Å². The van der Waals surface area contributed by atoms with Crippen LogP contribution in [0.25, 0.3) is 0 Å². The van der Waals surface area contributed by atoms with Crippen molar-refractivity contribution in [1.82, 2.24) is 0 Å². The van der Waals surface area contributed by atoms with Crippen LogP contribution in [-0.2, 0) is 9.59 Å². The Morgan fingerprint density at radius 3 is 2.14 bits per heavy atom. The lowest BCUT2D eigenvalue weighted by Gasteiger charge is -2.34. The molecule has 0 aromatic carbocycles. The molecule has 0 fully saturated rings. The van der Waals surface area contributed by atoms with Crippen molar-refractivity contribution in [2.45, 2.75) is 45.6 Å². The quantitative estimate of drug-likeness (QED) is 0.389. The minimum Gasteiger partial charge on any atom is -0.550 e. The van der Waals surface area contributed by atoms with Gasteiger partial charge in [0.05, 0.1) is 21.1 Å².